The van der Waals surface area contributed by atoms with Crippen molar-refractivity contribution in [3.8, 4) is 0 Å². The fourth-order valence-electron chi connectivity index (χ4n) is 1.22. The van der Waals surface area contributed by atoms with E-state index in [1.54, 1.807) is 6.07 Å². The zero-order valence-electron chi connectivity index (χ0n) is 8.20. The number of halogens is 1. The fraction of sp³-hybridized carbons (Fsp3) is 0.500. The van der Waals surface area contributed by atoms with Crippen LogP contribution in [0.4, 0.5) is 5.82 Å². The minimum absolute atomic E-state index is 0.270. The monoisotopic (exact) mass is 214 g/mol. The van der Waals surface area contributed by atoms with Crippen LogP contribution < -0.4 is 5.73 Å². The van der Waals surface area contributed by atoms with Gasteiger partial charge in [0, 0.05) is 6.20 Å². The number of aliphatic hydroxyl groups is 1. The lowest BCUT2D eigenvalue weighted by molar-refractivity contribution is 0.160. The third kappa shape index (κ3) is 3.16. The van der Waals surface area contributed by atoms with E-state index in [2.05, 4.69) is 4.98 Å². The molecule has 0 saturated heterocycles. The number of nitrogens with two attached hydrogens (primary N) is 1. The molecule has 0 amide bonds. The predicted molar refractivity (Wildman–Crippen MR) is 58.3 cm³/mol. The number of aromatic nitrogens is 1. The molecule has 1 heterocycles. The number of pyridine rings is 1. The molecule has 1 unspecified atom stereocenters. The molecule has 3 nitrogen and oxygen atoms in total. The molecular formula is C10H15ClN2O. The van der Waals surface area contributed by atoms with Crippen molar-refractivity contribution in [3.05, 3.63) is 22.8 Å². The zero-order chi connectivity index (χ0) is 10.6. The highest BCUT2D eigenvalue weighted by molar-refractivity contribution is 6.30. The Bertz CT molecular complexity index is 304. The van der Waals surface area contributed by atoms with E-state index >= 15 is 0 Å². The summed E-state index contributed by atoms with van der Waals surface area (Å²) in [7, 11) is 0. The first kappa shape index (κ1) is 11.3. The molecule has 78 valence electrons. The second kappa shape index (κ2) is 5.17. The number of anilines is 1. The van der Waals surface area contributed by atoms with Crippen molar-refractivity contribution in [2.75, 3.05) is 5.73 Å². The van der Waals surface area contributed by atoms with Gasteiger partial charge in [-0.3, -0.25) is 0 Å². The lowest BCUT2D eigenvalue weighted by Crippen LogP contribution is -2.07. The summed E-state index contributed by atoms with van der Waals surface area (Å²) < 4.78 is 0. The van der Waals surface area contributed by atoms with Crippen LogP contribution in [-0.2, 0) is 6.42 Å². The summed E-state index contributed by atoms with van der Waals surface area (Å²) in [5.74, 6) is 0.498. The molecule has 1 aromatic heterocycles. The van der Waals surface area contributed by atoms with Crippen LogP contribution >= 0.6 is 11.6 Å². The van der Waals surface area contributed by atoms with Gasteiger partial charge in [0.05, 0.1) is 11.1 Å². The number of hydrogen-bond acceptors (Lipinski definition) is 3. The van der Waals surface area contributed by atoms with Crippen molar-refractivity contribution >= 4 is 17.4 Å². The van der Waals surface area contributed by atoms with Crippen LogP contribution in [0.1, 0.15) is 25.3 Å². The molecule has 0 aliphatic carbocycles. The van der Waals surface area contributed by atoms with Crippen LogP contribution in [-0.4, -0.2) is 16.2 Å². The van der Waals surface area contributed by atoms with Crippen LogP contribution in [0.15, 0.2) is 12.3 Å². The normalized spacial score (nSPS) is 12.8. The van der Waals surface area contributed by atoms with E-state index in [4.69, 9.17) is 17.3 Å². The molecule has 14 heavy (non-hydrogen) atoms. The highest BCUT2D eigenvalue weighted by atomic mass is 35.5. The first-order valence-corrected chi connectivity index (χ1v) is 5.09. The zero-order valence-corrected chi connectivity index (χ0v) is 8.96. The van der Waals surface area contributed by atoms with Crippen molar-refractivity contribution in [1.82, 2.24) is 4.98 Å². The van der Waals surface area contributed by atoms with E-state index in [9.17, 15) is 5.11 Å². The molecule has 1 atom stereocenters. The summed E-state index contributed by atoms with van der Waals surface area (Å²) in [5, 5.41) is 9.97. The maximum absolute atomic E-state index is 9.39. The summed E-state index contributed by atoms with van der Waals surface area (Å²) in [4.78, 5) is 3.95. The summed E-state index contributed by atoms with van der Waals surface area (Å²) >= 11 is 5.79. The van der Waals surface area contributed by atoms with Gasteiger partial charge >= 0.3 is 0 Å². The smallest absolute Gasteiger partial charge is 0.126 e. The summed E-state index contributed by atoms with van der Waals surface area (Å²) in [6.07, 6.45) is 3.43. The van der Waals surface area contributed by atoms with E-state index in [0.29, 0.717) is 23.7 Å². The molecule has 1 aromatic rings. The lowest BCUT2D eigenvalue weighted by atomic mass is 10.1. The molecule has 1 rings (SSSR count). The van der Waals surface area contributed by atoms with Gasteiger partial charge < -0.3 is 10.8 Å². The summed E-state index contributed by atoms with van der Waals surface area (Å²) in [6.45, 7) is 1.95. The minimum Gasteiger partial charge on any atom is -0.393 e. The third-order valence-corrected chi connectivity index (χ3v) is 2.39. The Balaban J connectivity index is 2.62. The van der Waals surface area contributed by atoms with Crippen molar-refractivity contribution in [1.29, 1.82) is 0 Å². The Morgan fingerprint density at radius 1 is 1.64 bits per heavy atom. The third-order valence-electron chi connectivity index (χ3n) is 2.19. The van der Waals surface area contributed by atoms with Crippen molar-refractivity contribution in [2.45, 2.75) is 32.3 Å². The standard InChI is InChI=1S/C10H15ClN2O/c1-2-9(14)4-3-7-5-8(11)6-13-10(7)12/h5-6,9,14H,2-4H2,1H3,(H2,12,13). The van der Waals surface area contributed by atoms with Crippen LogP contribution in [0.5, 0.6) is 0 Å². The number of aryl methyl sites for hydroxylation is 1. The number of hydrogen-bond donors (Lipinski definition) is 2. The first-order chi connectivity index (χ1) is 6.63. The highest BCUT2D eigenvalue weighted by Crippen LogP contribution is 2.17. The predicted octanol–water partition coefficient (Wildman–Crippen LogP) is 2.02. The van der Waals surface area contributed by atoms with Gasteiger partial charge in [0.15, 0.2) is 0 Å². The Morgan fingerprint density at radius 2 is 2.36 bits per heavy atom. The average Bonchev–Trinajstić information content (AvgIpc) is 2.19. The van der Waals surface area contributed by atoms with Gasteiger partial charge in [-0.1, -0.05) is 18.5 Å². The molecule has 0 bridgehead atoms. The molecule has 3 N–H and O–H groups in total. The van der Waals surface area contributed by atoms with Crippen LogP contribution in [0.3, 0.4) is 0 Å². The molecule has 0 aromatic carbocycles. The number of aliphatic hydroxyl groups excluding tert-OH is 1. The minimum atomic E-state index is -0.270. The largest absolute Gasteiger partial charge is 0.393 e. The van der Waals surface area contributed by atoms with Crippen molar-refractivity contribution in [2.24, 2.45) is 0 Å². The molecule has 0 spiro atoms. The molecule has 0 aliphatic rings. The summed E-state index contributed by atoms with van der Waals surface area (Å²) in [6, 6.07) is 1.80. The first-order valence-electron chi connectivity index (χ1n) is 4.71. The van der Waals surface area contributed by atoms with E-state index in [0.717, 1.165) is 12.0 Å². The van der Waals surface area contributed by atoms with Crippen LogP contribution in [0.25, 0.3) is 0 Å². The van der Waals surface area contributed by atoms with Crippen molar-refractivity contribution in [3.63, 3.8) is 0 Å². The van der Waals surface area contributed by atoms with Crippen LogP contribution in [0, 0.1) is 0 Å². The second-order valence-corrected chi connectivity index (χ2v) is 3.74. The molecule has 0 fully saturated rings. The molecule has 0 radical (unpaired) electrons. The molecule has 0 saturated carbocycles. The van der Waals surface area contributed by atoms with E-state index in [1.165, 1.54) is 6.20 Å². The lowest BCUT2D eigenvalue weighted by Gasteiger charge is -2.08. The maximum Gasteiger partial charge on any atom is 0.126 e. The van der Waals surface area contributed by atoms with E-state index in [-0.39, 0.29) is 6.10 Å². The molecule has 0 aliphatic heterocycles. The summed E-state index contributed by atoms with van der Waals surface area (Å²) in [5.41, 5.74) is 6.57. The van der Waals surface area contributed by atoms with Gasteiger partial charge in [-0.2, -0.15) is 0 Å². The Morgan fingerprint density at radius 3 is 3.00 bits per heavy atom. The second-order valence-electron chi connectivity index (χ2n) is 3.30. The van der Waals surface area contributed by atoms with Gasteiger partial charge in [-0.25, -0.2) is 4.98 Å². The quantitative estimate of drug-likeness (QED) is 0.806. The molecular weight excluding hydrogens is 200 g/mol. The van der Waals surface area contributed by atoms with E-state index in [1.807, 2.05) is 6.92 Å². The number of nitrogens with zero attached hydrogens (tertiary/aromatic N) is 1. The van der Waals surface area contributed by atoms with Gasteiger partial charge in [0.25, 0.3) is 0 Å². The SMILES string of the molecule is CCC(O)CCc1cc(Cl)cnc1N. The topological polar surface area (TPSA) is 59.1 Å². The fourth-order valence-corrected chi connectivity index (χ4v) is 1.40. The van der Waals surface area contributed by atoms with Gasteiger partial charge in [-0.15, -0.1) is 0 Å². The molecule has 4 heteroatoms. The Kier molecular flexibility index (Phi) is 4.17. The highest BCUT2D eigenvalue weighted by Gasteiger charge is 2.05. The number of rotatable bonds is 4. The average molecular weight is 215 g/mol. The van der Waals surface area contributed by atoms with Crippen molar-refractivity contribution < 1.29 is 5.11 Å². The number of nitrogen functional groups attached to an aromatic ring is 1. The van der Waals surface area contributed by atoms with Gasteiger partial charge in [0.2, 0.25) is 0 Å². The maximum atomic E-state index is 9.39. The Labute approximate surface area is 88.9 Å². The van der Waals surface area contributed by atoms with E-state index < -0.39 is 0 Å². The van der Waals surface area contributed by atoms with Gasteiger partial charge in [-0.05, 0) is 30.9 Å². The van der Waals surface area contributed by atoms with Crippen LogP contribution in [0.2, 0.25) is 5.02 Å². The van der Waals surface area contributed by atoms with Gasteiger partial charge in [0.1, 0.15) is 5.82 Å². The Hall–Kier alpha value is -0.800.